The Kier molecular flexibility index (Phi) is 13.9. The largest absolute Gasteiger partial charge is 0.432 e. The highest BCUT2D eigenvalue weighted by Gasteiger charge is 2.31. The second-order valence-electron chi connectivity index (χ2n) is 9.70. The van der Waals surface area contributed by atoms with Gasteiger partial charge in [0.15, 0.2) is 0 Å². The van der Waals surface area contributed by atoms with Gasteiger partial charge in [-0.1, -0.05) is 96.2 Å². The number of rotatable bonds is 6. The summed E-state index contributed by atoms with van der Waals surface area (Å²) in [5, 5.41) is 0.783. The minimum Gasteiger partial charge on any atom is -0.432 e. The molecular weight excluding hydrogens is 496 g/mol. The van der Waals surface area contributed by atoms with Gasteiger partial charge in [0.1, 0.15) is 11.5 Å². The molecule has 0 unspecified atom stereocenters. The maximum Gasteiger partial charge on any atom is 0.265 e. The average molecular weight is 543 g/mol. The van der Waals surface area contributed by atoms with Gasteiger partial charge in [0.05, 0.1) is 0 Å². The van der Waals surface area contributed by atoms with E-state index in [1.165, 1.54) is 69.8 Å². The molecular formula is C31H46N2O2S2. The van der Waals surface area contributed by atoms with Gasteiger partial charge in [0.2, 0.25) is 0 Å². The molecule has 204 valence electrons. The van der Waals surface area contributed by atoms with Crippen molar-refractivity contribution < 1.29 is 9.47 Å². The first-order chi connectivity index (χ1) is 17.5. The van der Waals surface area contributed by atoms with Crippen molar-refractivity contribution in [2.24, 2.45) is 5.73 Å². The van der Waals surface area contributed by atoms with Gasteiger partial charge < -0.3 is 20.1 Å². The Morgan fingerprint density at radius 3 is 1.54 bits per heavy atom. The van der Waals surface area contributed by atoms with Crippen LogP contribution in [0.15, 0.2) is 48.5 Å². The molecule has 0 heterocycles. The van der Waals surface area contributed by atoms with Crippen LogP contribution in [0.2, 0.25) is 0 Å². The molecule has 2 aromatic carbocycles. The monoisotopic (exact) mass is 542 g/mol. The molecule has 0 amide bonds. The topological polar surface area (TPSA) is 47.7 Å². The molecule has 2 aliphatic carbocycles. The third kappa shape index (κ3) is 9.57. The number of nitrogens with two attached hydrogens (primary N) is 1. The van der Waals surface area contributed by atoms with Crippen molar-refractivity contribution in [3.63, 3.8) is 0 Å². The number of nitrogens with zero attached hydrogens (tertiary/aromatic N) is 1. The first-order valence-corrected chi connectivity index (χ1v) is 14.5. The molecule has 4 nitrogen and oxygen atoms in total. The Labute approximate surface area is 235 Å². The summed E-state index contributed by atoms with van der Waals surface area (Å²) in [5.74, 6) is 1.70. The molecule has 2 aliphatic rings. The number of para-hydroxylation sites is 2. The lowest BCUT2D eigenvalue weighted by molar-refractivity contribution is 0.140. The first-order valence-electron chi connectivity index (χ1n) is 13.7. The minimum absolute atomic E-state index is 0. The molecule has 0 saturated heterocycles. The van der Waals surface area contributed by atoms with Crippen molar-refractivity contribution in [3.05, 3.63) is 59.7 Å². The molecule has 2 aromatic rings. The number of hydrogen-bond acceptors (Lipinski definition) is 4. The molecule has 0 aromatic heterocycles. The van der Waals surface area contributed by atoms with E-state index in [2.05, 4.69) is 49.2 Å². The number of ether oxygens (including phenoxy) is 2. The predicted octanol–water partition coefficient (Wildman–Crippen LogP) is 8.39. The van der Waals surface area contributed by atoms with Gasteiger partial charge in [-0.05, 0) is 86.2 Å². The lowest BCUT2D eigenvalue weighted by atomic mass is 9.89. The summed E-state index contributed by atoms with van der Waals surface area (Å²) in [4.78, 5) is 2.50. The van der Waals surface area contributed by atoms with Crippen molar-refractivity contribution >= 4 is 34.8 Å². The summed E-state index contributed by atoms with van der Waals surface area (Å²) < 4.78 is 11.4. The van der Waals surface area contributed by atoms with Crippen molar-refractivity contribution in [2.75, 3.05) is 0 Å². The molecule has 0 spiro atoms. The van der Waals surface area contributed by atoms with Gasteiger partial charge in [-0.2, -0.15) is 0 Å². The molecule has 0 bridgehead atoms. The van der Waals surface area contributed by atoms with Crippen LogP contribution in [-0.2, 0) is 12.8 Å². The van der Waals surface area contributed by atoms with Crippen LogP contribution >= 0.6 is 24.4 Å². The summed E-state index contributed by atoms with van der Waals surface area (Å²) in [5.41, 5.74) is 7.62. The van der Waals surface area contributed by atoms with E-state index in [1.807, 2.05) is 30.3 Å². The Morgan fingerprint density at radius 1 is 0.730 bits per heavy atom. The fourth-order valence-corrected chi connectivity index (χ4v) is 5.84. The molecule has 6 heteroatoms. The highest BCUT2D eigenvalue weighted by Crippen LogP contribution is 2.31. The van der Waals surface area contributed by atoms with Crippen LogP contribution in [0.5, 0.6) is 11.5 Å². The quantitative estimate of drug-likeness (QED) is 0.370. The van der Waals surface area contributed by atoms with Crippen LogP contribution in [0.1, 0.15) is 96.6 Å². The molecule has 0 aliphatic heterocycles. The summed E-state index contributed by atoms with van der Waals surface area (Å²) in [6.07, 6.45) is 15.1. The van der Waals surface area contributed by atoms with E-state index in [0.717, 1.165) is 35.1 Å². The van der Waals surface area contributed by atoms with Crippen LogP contribution in [0.3, 0.4) is 0 Å². The Balaban J connectivity index is 0.000000314. The summed E-state index contributed by atoms with van der Waals surface area (Å²) in [6.45, 7) is 4.23. The van der Waals surface area contributed by atoms with Gasteiger partial charge in [0, 0.05) is 12.1 Å². The number of benzene rings is 2. The second kappa shape index (κ2) is 16.6. The normalized spacial score (nSPS) is 15.9. The van der Waals surface area contributed by atoms with Gasteiger partial charge >= 0.3 is 0 Å². The third-order valence-corrected chi connectivity index (χ3v) is 7.64. The molecule has 37 heavy (non-hydrogen) atoms. The average Bonchev–Trinajstić information content (AvgIpc) is 2.91. The summed E-state index contributed by atoms with van der Waals surface area (Å²) >= 11 is 10.5. The summed E-state index contributed by atoms with van der Waals surface area (Å²) in [6, 6.07) is 17.2. The lowest BCUT2D eigenvalue weighted by Gasteiger charge is -2.42. The van der Waals surface area contributed by atoms with Gasteiger partial charge in [-0.25, -0.2) is 0 Å². The fraction of sp³-hybridized carbons (Fsp3) is 0.548. The Morgan fingerprint density at radius 2 is 1.14 bits per heavy atom. The number of thiocarbonyl (C=S) groups is 2. The van der Waals surface area contributed by atoms with Gasteiger partial charge in [-0.15, -0.1) is 0 Å². The van der Waals surface area contributed by atoms with E-state index < -0.39 is 0 Å². The van der Waals surface area contributed by atoms with Crippen molar-refractivity contribution in [1.82, 2.24) is 4.90 Å². The smallest absolute Gasteiger partial charge is 0.265 e. The molecule has 4 rings (SSSR count). The highest BCUT2D eigenvalue weighted by atomic mass is 32.1. The van der Waals surface area contributed by atoms with Crippen LogP contribution in [0.25, 0.3) is 0 Å². The second-order valence-corrected chi connectivity index (χ2v) is 10.5. The number of aryl methyl sites for hydroxylation is 2. The SMILES string of the molecule is C.CCc1ccccc1OC(=S)N(C1CCCCC1)C1CCCCC1.CCc1ccccc1OC(N)=S. The van der Waals surface area contributed by atoms with Crippen molar-refractivity contribution in [2.45, 2.75) is 110 Å². The zero-order chi connectivity index (χ0) is 25.8. The minimum atomic E-state index is 0. The first kappa shape index (κ1) is 31.0. The van der Waals surface area contributed by atoms with Crippen LogP contribution in [-0.4, -0.2) is 27.3 Å². The fourth-order valence-electron chi connectivity index (χ4n) is 5.36. The highest BCUT2D eigenvalue weighted by molar-refractivity contribution is 7.80. The Bertz CT molecular complexity index is 951. The maximum absolute atomic E-state index is 6.26. The summed E-state index contributed by atoms with van der Waals surface area (Å²) in [7, 11) is 0. The zero-order valence-electron chi connectivity index (χ0n) is 21.9. The van der Waals surface area contributed by atoms with E-state index in [-0.39, 0.29) is 12.6 Å². The van der Waals surface area contributed by atoms with Crippen LogP contribution in [0.4, 0.5) is 0 Å². The van der Waals surface area contributed by atoms with E-state index in [1.54, 1.807) is 0 Å². The molecule has 2 saturated carbocycles. The van der Waals surface area contributed by atoms with Crippen LogP contribution < -0.4 is 15.2 Å². The molecule has 0 radical (unpaired) electrons. The van der Waals surface area contributed by atoms with E-state index in [0.29, 0.717) is 12.1 Å². The standard InChI is InChI=1S/C21H31NOS.C9H11NOS.CH4/c1-2-17-11-9-10-16-20(17)23-21(24)22(18-12-5-3-6-13-18)19-14-7-4-8-15-19;1-2-7-5-3-4-6-8(7)11-9(10)12;/h9-11,16,18-19H,2-8,12-15H2,1H3;3-6H,2H2,1H3,(H2,10,12);1H4. The van der Waals surface area contributed by atoms with Crippen molar-refractivity contribution in [3.8, 4) is 11.5 Å². The van der Waals surface area contributed by atoms with E-state index in [9.17, 15) is 0 Å². The molecule has 2 fully saturated rings. The third-order valence-electron chi connectivity index (χ3n) is 7.26. The van der Waals surface area contributed by atoms with E-state index in [4.69, 9.17) is 27.4 Å². The van der Waals surface area contributed by atoms with Gasteiger partial charge in [-0.3, -0.25) is 0 Å². The Hall–Kier alpha value is -2.18. The molecule has 0 atom stereocenters. The molecule has 2 N–H and O–H groups in total. The number of hydrogen-bond donors (Lipinski definition) is 1. The van der Waals surface area contributed by atoms with E-state index >= 15 is 0 Å². The maximum atomic E-state index is 6.26. The zero-order valence-corrected chi connectivity index (χ0v) is 23.5. The lowest BCUT2D eigenvalue weighted by Crippen LogP contribution is -2.49. The van der Waals surface area contributed by atoms with Crippen molar-refractivity contribution in [1.29, 1.82) is 0 Å². The predicted molar refractivity (Wildman–Crippen MR) is 165 cm³/mol. The van der Waals surface area contributed by atoms with Gasteiger partial charge in [0.25, 0.3) is 10.3 Å². The van der Waals surface area contributed by atoms with Crippen LogP contribution in [0, 0.1) is 0 Å².